The lowest BCUT2D eigenvalue weighted by Gasteiger charge is -2.11. The largest absolute Gasteiger partial charge is 0.125 e. The normalized spacial score (nSPS) is 17.7. The first-order chi connectivity index (χ1) is 8.84. The van der Waals surface area contributed by atoms with E-state index in [1.807, 2.05) is 23.5 Å². The van der Waals surface area contributed by atoms with Gasteiger partial charge in [-0.15, -0.1) is 23.5 Å². The molecule has 0 spiro atoms. The summed E-state index contributed by atoms with van der Waals surface area (Å²) in [4.78, 5) is 2.90. The molecular weight excluding hydrogens is 256 g/mol. The van der Waals surface area contributed by atoms with Gasteiger partial charge in [0.2, 0.25) is 0 Å². The number of benzene rings is 2. The summed E-state index contributed by atoms with van der Waals surface area (Å²) < 4.78 is 0. The van der Waals surface area contributed by atoms with Crippen molar-refractivity contribution in [3.8, 4) is 0 Å². The van der Waals surface area contributed by atoms with Gasteiger partial charge in [-0.1, -0.05) is 36.4 Å². The molecule has 2 aromatic carbocycles. The fraction of sp³-hybridized carbons (Fsp3) is 0.250. The fourth-order valence-electron chi connectivity index (χ4n) is 2.28. The average molecular weight is 272 g/mol. The van der Waals surface area contributed by atoms with Crippen molar-refractivity contribution in [3.05, 3.63) is 59.7 Å². The molecule has 1 unspecified atom stereocenters. The lowest BCUT2D eigenvalue weighted by atomic mass is 10.0. The van der Waals surface area contributed by atoms with Gasteiger partial charge in [-0.05, 0) is 30.2 Å². The van der Waals surface area contributed by atoms with Gasteiger partial charge < -0.3 is 0 Å². The summed E-state index contributed by atoms with van der Waals surface area (Å²) in [7, 11) is 0. The molecule has 0 aromatic heterocycles. The Balaban J connectivity index is 1.71. The summed E-state index contributed by atoms with van der Waals surface area (Å²) in [6, 6.07) is 17.5. The lowest BCUT2D eigenvalue weighted by molar-refractivity contribution is 0.896. The first kappa shape index (κ1) is 12.2. The molecule has 1 aliphatic heterocycles. The van der Waals surface area contributed by atoms with Gasteiger partial charge in [-0.25, -0.2) is 0 Å². The third-order valence-corrected chi connectivity index (χ3v) is 5.92. The highest BCUT2D eigenvalue weighted by Crippen LogP contribution is 2.41. The van der Waals surface area contributed by atoms with Crippen molar-refractivity contribution in [2.45, 2.75) is 22.6 Å². The van der Waals surface area contributed by atoms with Crippen molar-refractivity contribution in [3.63, 3.8) is 0 Å². The van der Waals surface area contributed by atoms with E-state index in [4.69, 9.17) is 0 Å². The second-order valence-corrected chi connectivity index (χ2v) is 6.75. The number of rotatable bonds is 3. The molecule has 18 heavy (non-hydrogen) atoms. The van der Waals surface area contributed by atoms with Gasteiger partial charge in [0.25, 0.3) is 0 Å². The Hall–Kier alpha value is -0.860. The zero-order valence-electron chi connectivity index (χ0n) is 10.4. The minimum absolute atomic E-state index is 0.704. The molecular formula is C16H16S2. The summed E-state index contributed by atoms with van der Waals surface area (Å²) >= 11 is 4.00. The Labute approximate surface area is 117 Å². The number of fused-ring (bicyclic) bond motifs is 1. The predicted octanol–water partition coefficient (Wildman–Crippen LogP) is 4.98. The van der Waals surface area contributed by atoms with Crippen LogP contribution in [-0.4, -0.2) is 11.5 Å². The summed E-state index contributed by atoms with van der Waals surface area (Å²) in [5.41, 5.74) is 2.94. The minimum atomic E-state index is 0.704. The molecule has 0 bridgehead atoms. The quantitative estimate of drug-likeness (QED) is 0.723. The minimum Gasteiger partial charge on any atom is -0.125 e. The van der Waals surface area contributed by atoms with Gasteiger partial charge in [0, 0.05) is 27.2 Å². The zero-order chi connectivity index (χ0) is 12.4. The van der Waals surface area contributed by atoms with E-state index in [9.17, 15) is 0 Å². The maximum absolute atomic E-state index is 2.29. The molecule has 0 fully saturated rings. The second kappa shape index (κ2) is 5.41. The monoisotopic (exact) mass is 272 g/mol. The SMILES string of the molecule is Cc1ccccc1SCC1CSc2ccccc21. The van der Waals surface area contributed by atoms with Crippen molar-refractivity contribution >= 4 is 23.5 Å². The smallest absolute Gasteiger partial charge is 0.0108 e. The van der Waals surface area contributed by atoms with Crippen molar-refractivity contribution in [2.75, 3.05) is 11.5 Å². The number of thioether (sulfide) groups is 2. The number of aryl methyl sites for hydroxylation is 1. The van der Waals surface area contributed by atoms with E-state index in [2.05, 4.69) is 55.5 Å². The van der Waals surface area contributed by atoms with E-state index < -0.39 is 0 Å². The maximum atomic E-state index is 2.29. The first-order valence-electron chi connectivity index (χ1n) is 6.25. The highest BCUT2D eigenvalue weighted by molar-refractivity contribution is 8.00. The molecule has 92 valence electrons. The molecule has 3 rings (SSSR count). The van der Waals surface area contributed by atoms with Crippen LogP contribution >= 0.6 is 23.5 Å². The van der Waals surface area contributed by atoms with E-state index in [1.165, 1.54) is 26.9 Å². The first-order valence-corrected chi connectivity index (χ1v) is 8.22. The van der Waals surface area contributed by atoms with Crippen LogP contribution in [0.5, 0.6) is 0 Å². The van der Waals surface area contributed by atoms with Gasteiger partial charge in [-0.3, -0.25) is 0 Å². The van der Waals surface area contributed by atoms with Gasteiger partial charge in [-0.2, -0.15) is 0 Å². The molecule has 0 nitrogen and oxygen atoms in total. The van der Waals surface area contributed by atoms with Crippen molar-refractivity contribution in [1.82, 2.24) is 0 Å². The molecule has 0 saturated heterocycles. The van der Waals surface area contributed by atoms with Crippen LogP contribution in [0.3, 0.4) is 0 Å². The fourth-order valence-corrected chi connectivity index (χ4v) is 4.83. The van der Waals surface area contributed by atoms with Gasteiger partial charge in [0.1, 0.15) is 0 Å². The lowest BCUT2D eigenvalue weighted by Crippen LogP contribution is -2.00. The second-order valence-electron chi connectivity index (χ2n) is 4.62. The number of hydrogen-bond donors (Lipinski definition) is 0. The summed E-state index contributed by atoms with van der Waals surface area (Å²) in [5, 5.41) is 0. The van der Waals surface area contributed by atoms with Crippen LogP contribution < -0.4 is 0 Å². The van der Waals surface area contributed by atoms with E-state index >= 15 is 0 Å². The van der Waals surface area contributed by atoms with Gasteiger partial charge in [0.15, 0.2) is 0 Å². The molecule has 2 aromatic rings. The van der Waals surface area contributed by atoms with Crippen molar-refractivity contribution in [1.29, 1.82) is 0 Å². The van der Waals surface area contributed by atoms with Crippen molar-refractivity contribution < 1.29 is 0 Å². The zero-order valence-corrected chi connectivity index (χ0v) is 12.1. The third kappa shape index (κ3) is 2.45. The molecule has 0 saturated carbocycles. The average Bonchev–Trinajstić information content (AvgIpc) is 2.81. The summed E-state index contributed by atoms with van der Waals surface area (Å²) in [6.45, 7) is 2.19. The molecule has 2 heteroatoms. The maximum Gasteiger partial charge on any atom is 0.0108 e. The van der Waals surface area contributed by atoms with Gasteiger partial charge in [0.05, 0.1) is 0 Å². The van der Waals surface area contributed by atoms with Gasteiger partial charge >= 0.3 is 0 Å². The summed E-state index contributed by atoms with van der Waals surface area (Å²) in [6.07, 6.45) is 0. The van der Waals surface area contributed by atoms with Crippen LogP contribution in [0.25, 0.3) is 0 Å². The Morgan fingerprint density at radius 3 is 2.78 bits per heavy atom. The molecule has 0 amide bonds. The molecule has 1 atom stereocenters. The Morgan fingerprint density at radius 1 is 1.11 bits per heavy atom. The van der Waals surface area contributed by atoms with Crippen LogP contribution in [0.2, 0.25) is 0 Å². The van der Waals surface area contributed by atoms with Crippen LogP contribution in [-0.2, 0) is 0 Å². The topological polar surface area (TPSA) is 0 Å². The Kier molecular flexibility index (Phi) is 3.67. The van der Waals surface area contributed by atoms with E-state index in [0.717, 1.165) is 0 Å². The number of hydrogen-bond acceptors (Lipinski definition) is 2. The Morgan fingerprint density at radius 2 is 1.89 bits per heavy atom. The Bertz CT molecular complexity index is 548. The molecule has 1 heterocycles. The van der Waals surface area contributed by atoms with Crippen LogP contribution in [0.1, 0.15) is 17.0 Å². The molecule has 0 N–H and O–H groups in total. The van der Waals surface area contributed by atoms with Crippen LogP contribution in [0, 0.1) is 6.92 Å². The standard InChI is InChI=1S/C16H16S2/c1-12-6-2-4-8-15(12)17-10-13-11-18-16-9-5-3-7-14(13)16/h2-9,13H,10-11H2,1H3. The molecule has 0 radical (unpaired) electrons. The molecule has 0 aliphatic carbocycles. The van der Waals surface area contributed by atoms with E-state index in [1.54, 1.807) is 5.56 Å². The van der Waals surface area contributed by atoms with Crippen LogP contribution in [0.4, 0.5) is 0 Å². The molecule has 1 aliphatic rings. The predicted molar refractivity (Wildman–Crippen MR) is 81.8 cm³/mol. The summed E-state index contributed by atoms with van der Waals surface area (Å²) in [5.74, 6) is 3.13. The van der Waals surface area contributed by atoms with Crippen LogP contribution in [0.15, 0.2) is 58.3 Å². The third-order valence-electron chi connectivity index (χ3n) is 3.33. The highest BCUT2D eigenvalue weighted by atomic mass is 32.2. The van der Waals surface area contributed by atoms with Crippen molar-refractivity contribution in [2.24, 2.45) is 0 Å². The van der Waals surface area contributed by atoms with E-state index in [-0.39, 0.29) is 0 Å². The highest BCUT2D eigenvalue weighted by Gasteiger charge is 2.22. The van der Waals surface area contributed by atoms with E-state index in [0.29, 0.717) is 5.92 Å².